The molecule has 0 unspecified atom stereocenters. The van der Waals surface area contributed by atoms with E-state index in [1.54, 1.807) is 6.08 Å². The van der Waals surface area contributed by atoms with Crippen molar-refractivity contribution < 1.29 is 9.59 Å². The summed E-state index contributed by atoms with van der Waals surface area (Å²) in [6.45, 7) is 1.99. The first-order valence-electron chi connectivity index (χ1n) is 4.95. The van der Waals surface area contributed by atoms with Crippen LogP contribution in [0, 0.1) is 6.92 Å². The molecule has 4 nitrogen and oxygen atoms in total. The van der Waals surface area contributed by atoms with Crippen molar-refractivity contribution in [2.45, 2.75) is 6.92 Å². The molecule has 0 atom stereocenters. The summed E-state index contributed by atoms with van der Waals surface area (Å²) in [5.74, 6) is -0.300. The summed E-state index contributed by atoms with van der Waals surface area (Å²) >= 11 is 0. The normalized spacial score (nSPS) is 18.1. The van der Waals surface area contributed by atoms with E-state index in [-0.39, 0.29) is 11.9 Å². The average molecular weight is 216 g/mol. The van der Waals surface area contributed by atoms with Gasteiger partial charge in [0, 0.05) is 7.05 Å². The molecule has 0 spiro atoms. The number of carbonyl (C=O) groups is 2. The van der Waals surface area contributed by atoms with Gasteiger partial charge in [-0.3, -0.25) is 9.69 Å². The van der Waals surface area contributed by atoms with E-state index in [1.165, 1.54) is 7.05 Å². The molecule has 4 heteroatoms. The summed E-state index contributed by atoms with van der Waals surface area (Å²) in [6, 6.07) is 7.33. The lowest BCUT2D eigenvalue weighted by atomic mass is 10.1. The van der Waals surface area contributed by atoms with Crippen LogP contribution in [0.1, 0.15) is 11.1 Å². The van der Waals surface area contributed by atoms with Crippen molar-refractivity contribution in [1.82, 2.24) is 10.2 Å². The van der Waals surface area contributed by atoms with E-state index in [0.29, 0.717) is 5.70 Å². The minimum Gasteiger partial charge on any atom is -0.303 e. The maximum atomic E-state index is 11.6. The summed E-state index contributed by atoms with van der Waals surface area (Å²) in [6.07, 6.45) is 1.67. The monoisotopic (exact) mass is 216 g/mol. The molecule has 1 aromatic carbocycles. The van der Waals surface area contributed by atoms with Crippen LogP contribution in [0.5, 0.6) is 0 Å². The third-order valence-corrected chi connectivity index (χ3v) is 2.47. The molecular weight excluding hydrogens is 204 g/mol. The molecule has 3 amide bonds. The van der Waals surface area contributed by atoms with E-state index in [9.17, 15) is 9.59 Å². The minimum atomic E-state index is -0.386. The van der Waals surface area contributed by atoms with Gasteiger partial charge in [0.05, 0.1) is 0 Å². The molecule has 1 aliphatic rings. The fourth-order valence-corrected chi connectivity index (χ4v) is 1.45. The number of benzene rings is 1. The lowest BCUT2D eigenvalue weighted by Crippen LogP contribution is -2.25. The molecule has 2 rings (SSSR count). The van der Waals surface area contributed by atoms with Gasteiger partial charge in [0.2, 0.25) is 0 Å². The zero-order valence-corrected chi connectivity index (χ0v) is 9.15. The van der Waals surface area contributed by atoms with Gasteiger partial charge in [0.15, 0.2) is 0 Å². The number of aryl methyl sites for hydroxylation is 1. The van der Waals surface area contributed by atoms with Gasteiger partial charge < -0.3 is 5.32 Å². The zero-order valence-electron chi connectivity index (χ0n) is 9.15. The van der Waals surface area contributed by atoms with E-state index in [0.717, 1.165) is 16.0 Å². The fourth-order valence-electron chi connectivity index (χ4n) is 1.45. The Morgan fingerprint density at radius 2 is 1.81 bits per heavy atom. The van der Waals surface area contributed by atoms with Crippen molar-refractivity contribution in [2.24, 2.45) is 0 Å². The number of rotatable bonds is 1. The Kier molecular flexibility index (Phi) is 2.48. The lowest BCUT2D eigenvalue weighted by molar-refractivity contribution is -0.121. The number of hydrogen-bond acceptors (Lipinski definition) is 2. The molecular formula is C12H12N2O2. The largest absolute Gasteiger partial charge is 0.328 e. The first-order valence-corrected chi connectivity index (χ1v) is 4.95. The number of likely N-dealkylation sites (N-methyl/N-ethyl adjacent to an activating group) is 1. The summed E-state index contributed by atoms with van der Waals surface area (Å²) in [7, 11) is 1.45. The van der Waals surface area contributed by atoms with Crippen molar-refractivity contribution in [3.05, 3.63) is 41.1 Å². The van der Waals surface area contributed by atoms with Gasteiger partial charge in [0.25, 0.3) is 5.91 Å². The minimum absolute atomic E-state index is 0.300. The van der Waals surface area contributed by atoms with Crippen LogP contribution >= 0.6 is 0 Å². The Hall–Kier alpha value is -2.10. The Bertz CT molecular complexity index is 474. The molecule has 0 aromatic heterocycles. The summed E-state index contributed by atoms with van der Waals surface area (Å²) in [5, 5.41) is 2.52. The van der Waals surface area contributed by atoms with Crippen molar-refractivity contribution in [3.63, 3.8) is 0 Å². The third kappa shape index (κ3) is 1.82. The molecule has 0 aliphatic carbocycles. The SMILES string of the molecule is Cc1ccc(C=C2NC(=O)N(C)C2=O)cc1. The van der Waals surface area contributed by atoms with E-state index in [2.05, 4.69) is 5.32 Å². The predicted octanol–water partition coefficient (Wildman–Crippen LogP) is 1.52. The van der Waals surface area contributed by atoms with E-state index < -0.39 is 0 Å². The molecule has 16 heavy (non-hydrogen) atoms. The molecule has 0 radical (unpaired) electrons. The maximum Gasteiger partial charge on any atom is 0.328 e. The highest BCUT2D eigenvalue weighted by atomic mass is 16.2. The molecule has 1 aliphatic heterocycles. The number of nitrogens with zero attached hydrogens (tertiary/aromatic N) is 1. The summed E-state index contributed by atoms with van der Waals surface area (Å²) < 4.78 is 0. The number of carbonyl (C=O) groups excluding carboxylic acids is 2. The van der Waals surface area contributed by atoms with Crippen LogP contribution in [0.3, 0.4) is 0 Å². The second kappa shape index (κ2) is 3.81. The molecule has 1 aromatic rings. The van der Waals surface area contributed by atoms with Crippen LogP contribution in [0.25, 0.3) is 6.08 Å². The average Bonchev–Trinajstić information content (AvgIpc) is 2.50. The van der Waals surface area contributed by atoms with Gasteiger partial charge in [-0.25, -0.2) is 4.79 Å². The molecule has 82 valence electrons. The van der Waals surface area contributed by atoms with Crippen molar-refractivity contribution >= 4 is 18.0 Å². The number of urea groups is 1. The zero-order chi connectivity index (χ0) is 11.7. The first-order chi connectivity index (χ1) is 7.58. The topological polar surface area (TPSA) is 49.4 Å². The summed E-state index contributed by atoms with van der Waals surface area (Å²) in [5.41, 5.74) is 2.36. The van der Waals surface area contributed by atoms with Crippen LogP contribution in [-0.2, 0) is 4.79 Å². The van der Waals surface area contributed by atoms with Gasteiger partial charge in [0.1, 0.15) is 5.70 Å². The lowest BCUT2D eigenvalue weighted by Gasteiger charge is -1.99. The third-order valence-electron chi connectivity index (χ3n) is 2.47. The predicted molar refractivity (Wildman–Crippen MR) is 60.5 cm³/mol. The summed E-state index contributed by atoms with van der Waals surface area (Å²) in [4.78, 5) is 23.8. The number of amides is 3. The highest BCUT2D eigenvalue weighted by Gasteiger charge is 2.29. The van der Waals surface area contributed by atoms with Crippen LogP contribution in [0.4, 0.5) is 4.79 Å². The van der Waals surface area contributed by atoms with Crippen LogP contribution in [-0.4, -0.2) is 23.9 Å². The Morgan fingerprint density at radius 1 is 1.19 bits per heavy atom. The van der Waals surface area contributed by atoms with E-state index >= 15 is 0 Å². The molecule has 1 fully saturated rings. The Morgan fingerprint density at radius 3 is 2.31 bits per heavy atom. The highest BCUT2D eigenvalue weighted by molar-refractivity contribution is 6.13. The molecule has 1 heterocycles. The number of imide groups is 1. The van der Waals surface area contributed by atoms with Crippen LogP contribution < -0.4 is 5.32 Å². The smallest absolute Gasteiger partial charge is 0.303 e. The van der Waals surface area contributed by atoms with Gasteiger partial charge in [-0.15, -0.1) is 0 Å². The van der Waals surface area contributed by atoms with Gasteiger partial charge in [-0.1, -0.05) is 29.8 Å². The number of nitrogens with one attached hydrogen (secondary N) is 1. The Labute approximate surface area is 93.6 Å². The maximum absolute atomic E-state index is 11.6. The second-order valence-electron chi connectivity index (χ2n) is 3.76. The molecule has 1 saturated heterocycles. The van der Waals surface area contributed by atoms with Gasteiger partial charge >= 0.3 is 6.03 Å². The van der Waals surface area contributed by atoms with Crippen LogP contribution in [0.2, 0.25) is 0 Å². The second-order valence-corrected chi connectivity index (χ2v) is 3.76. The quantitative estimate of drug-likeness (QED) is 0.571. The Balaban J connectivity index is 2.29. The van der Waals surface area contributed by atoms with E-state index in [4.69, 9.17) is 0 Å². The van der Waals surface area contributed by atoms with Gasteiger partial charge in [-0.05, 0) is 18.6 Å². The molecule has 0 saturated carbocycles. The van der Waals surface area contributed by atoms with Crippen molar-refractivity contribution in [1.29, 1.82) is 0 Å². The number of hydrogen-bond donors (Lipinski definition) is 1. The molecule has 1 N–H and O–H groups in total. The highest BCUT2D eigenvalue weighted by Crippen LogP contribution is 2.12. The molecule has 0 bridgehead atoms. The van der Waals surface area contributed by atoms with Crippen LogP contribution in [0.15, 0.2) is 30.0 Å². The fraction of sp³-hybridized carbons (Fsp3) is 0.167. The van der Waals surface area contributed by atoms with Crippen molar-refractivity contribution in [2.75, 3.05) is 7.05 Å². The van der Waals surface area contributed by atoms with Crippen molar-refractivity contribution in [3.8, 4) is 0 Å². The first kappa shape index (κ1) is 10.4. The standard InChI is InChI=1S/C12H12N2O2/c1-8-3-5-9(6-4-8)7-10-11(15)14(2)12(16)13-10/h3-7H,1-2H3,(H,13,16). The van der Waals surface area contributed by atoms with E-state index in [1.807, 2.05) is 31.2 Å². The van der Waals surface area contributed by atoms with Gasteiger partial charge in [-0.2, -0.15) is 0 Å².